The van der Waals surface area contributed by atoms with Crippen molar-refractivity contribution in [2.45, 2.75) is 33.2 Å². The zero-order valence-corrected chi connectivity index (χ0v) is 18.0. The fraction of sp³-hybridized carbons (Fsp3) is 0.192. The summed E-state index contributed by atoms with van der Waals surface area (Å²) in [4.78, 5) is 27.5. The molecule has 0 saturated carbocycles. The topological polar surface area (TPSA) is 92.4 Å². The predicted molar refractivity (Wildman–Crippen MR) is 123 cm³/mol. The Hall–Kier alpha value is -3.93. The molecular weight excluding hydrogens is 404 g/mol. The van der Waals surface area contributed by atoms with E-state index in [1.54, 1.807) is 24.3 Å². The quantitative estimate of drug-likeness (QED) is 0.411. The van der Waals surface area contributed by atoms with Gasteiger partial charge in [0.15, 0.2) is 5.69 Å². The van der Waals surface area contributed by atoms with E-state index in [-0.39, 0.29) is 11.3 Å². The highest BCUT2D eigenvalue weighted by Gasteiger charge is 2.16. The molecule has 0 bridgehead atoms. The molecule has 0 amide bonds. The van der Waals surface area contributed by atoms with E-state index in [1.165, 1.54) is 0 Å². The molecule has 0 unspecified atom stereocenters. The van der Waals surface area contributed by atoms with Gasteiger partial charge in [0.2, 0.25) is 0 Å². The van der Waals surface area contributed by atoms with Crippen LogP contribution >= 0.6 is 0 Å². The number of aromatic nitrogens is 2. The number of aryl methyl sites for hydroxylation is 2. The first kappa shape index (κ1) is 21.3. The number of nitrogens with zero attached hydrogens (tertiary/aromatic N) is 2. The van der Waals surface area contributed by atoms with Crippen LogP contribution < -0.4 is 0 Å². The summed E-state index contributed by atoms with van der Waals surface area (Å²) >= 11 is 0. The highest BCUT2D eigenvalue weighted by atomic mass is 16.4. The molecule has 0 saturated heterocycles. The van der Waals surface area contributed by atoms with Crippen molar-refractivity contribution in [3.05, 3.63) is 88.7 Å². The first-order valence-electron chi connectivity index (χ1n) is 10.5. The number of benzene rings is 2. The van der Waals surface area contributed by atoms with Crippen molar-refractivity contribution >= 4 is 23.0 Å². The van der Waals surface area contributed by atoms with E-state index in [9.17, 15) is 19.8 Å². The molecule has 0 spiro atoms. The fourth-order valence-corrected chi connectivity index (χ4v) is 4.07. The van der Waals surface area contributed by atoms with Crippen LogP contribution in [0.15, 0.2) is 60.7 Å². The number of carboxylic acids is 2. The van der Waals surface area contributed by atoms with Crippen LogP contribution in [-0.2, 0) is 13.0 Å². The minimum atomic E-state index is -1.04. The van der Waals surface area contributed by atoms with Crippen LogP contribution in [-0.4, -0.2) is 31.7 Å². The summed E-state index contributed by atoms with van der Waals surface area (Å²) in [5, 5.41) is 19.9. The summed E-state index contributed by atoms with van der Waals surface area (Å²) in [6, 6.07) is 18.4. The molecule has 6 heteroatoms. The van der Waals surface area contributed by atoms with Gasteiger partial charge in [-0.25, -0.2) is 14.6 Å². The minimum Gasteiger partial charge on any atom is -0.478 e. The number of aromatic carboxylic acids is 2. The van der Waals surface area contributed by atoms with Crippen LogP contribution in [0.4, 0.5) is 0 Å². The Labute approximate surface area is 185 Å². The molecule has 0 aliphatic rings. The highest BCUT2D eigenvalue weighted by molar-refractivity contribution is 5.96. The monoisotopic (exact) mass is 428 g/mol. The molecule has 6 nitrogen and oxygen atoms in total. The summed E-state index contributed by atoms with van der Waals surface area (Å²) in [5.41, 5.74) is 5.52. The summed E-state index contributed by atoms with van der Waals surface area (Å²) in [6.07, 6.45) is 1.83. The van der Waals surface area contributed by atoms with Crippen molar-refractivity contribution in [1.29, 1.82) is 0 Å². The van der Waals surface area contributed by atoms with E-state index < -0.39 is 11.9 Å². The molecule has 0 atom stereocenters. The van der Waals surface area contributed by atoms with Gasteiger partial charge in [-0.15, -0.1) is 0 Å². The lowest BCUT2D eigenvalue weighted by Gasteiger charge is -2.12. The zero-order valence-electron chi connectivity index (χ0n) is 18.0. The Bertz CT molecular complexity index is 1320. The van der Waals surface area contributed by atoms with Crippen LogP contribution in [0.3, 0.4) is 0 Å². The molecule has 4 aromatic rings. The zero-order chi connectivity index (χ0) is 22.8. The van der Waals surface area contributed by atoms with Gasteiger partial charge in [0.1, 0.15) is 5.65 Å². The molecule has 2 aromatic carbocycles. The van der Waals surface area contributed by atoms with Crippen molar-refractivity contribution in [2.24, 2.45) is 0 Å². The van der Waals surface area contributed by atoms with Gasteiger partial charge in [0.05, 0.1) is 5.56 Å². The first-order chi connectivity index (χ1) is 15.4. The first-order valence-corrected chi connectivity index (χ1v) is 10.5. The van der Waals surface area contributed by atoms with E-state index in [0.29, 0.717) is 17.8 Å². The summed E-state index contributed by atoms with van der Waals surface area (Å²) in [6.45, 7) is 4.57. The Kier molecular flexibility index (Phi) is 5.77. The van der Waals surface area contributed by atoms with E-state index in [1.807, 2.05) is 37.3 Å². The number of carboxylic acid groups (broad SMARTS) is 2. The molecule has 2 N–H and O–H groups in total. The van der Waals surface area contributed by atoms with Gasteiger partial charge in [-0.05, 0) is 53.8 Å². The lowest BCUT2D eigenvalue weighted by molar-refractivity contribution is 0.0683. The van der Waals surface area contributed by atoms with Gasteiger partial charge < -0.3 is 14.8 Å². The average Bonchev–Trinajstić information content (AvgIpc) is 3.12. The summed E-state index contributed by atoms with van der Waals surface area (Å²) < 4.78 is 2.08. The van der Waals surface area contributed by atoms with E-state index >= 15 is 0 Å². The average molecular weight is 428 g/mol. The highest BCUT2D eigenvalue weighted by Crippen LogP contribution is 2.27. The number of pyridine rings is 1. The molecule has 2 aromatic heterocycles. The lowest BCUT2D eigenvalue weighted by Crippen LogP contribution is -2.08. The largest absolute Gasteiger partial charge is 0.478 e. The molecule has 32 heavy (non-hydrogen) atoms. The molecule has 162 valence electrons. The maximum Gasteiger partial charge on any atom is 0.354 e. The number of hydrogen-bond acceptors (Lipinski definition) is 3. The summed E-state index contributed by atoms with van der Waals surface area (Å²) in [7, 11) is 0. The molecule has 0 fully saturated rings. The second-order valence-electron chi connectivity index (χ2n) is 7.89. The predicted octanol–water partition coefficient (Wildman–Crippen LogP) is 5.41. The number of rotatable bonds is 7. The second kappa shape index (κ2) is 8.67. The van der Waals surface area contributed by atoms with Gasteiger partial charge in [0, 0.05) is 17.6 Å². The van der Waals surface area contributed by atoms with E-state index in [0.717, 1.165) is 40.6 Å². The molecular formula is C26H24N2O4. The maximum atomic E-state index is 11.5. The molecule has 0 aliphatic carbocycles. The lowest BCUT2D eigenvalue weighted by atomic mass is 9.99. The molecule has 2 heterocycles. The van der Waals surface area contributed by atoms with Crippen LogP contribution in [0.25, 0.3) is 22.2 Å². The van der Waals surface area contributed by atoms with E-state index in [2.05, 4.69) is 22.5 Å². The number of carbonyl (C=O) groups is 2. The van der Waals surface area contributed by atoms with Gasteiger partial charge in [-0.3, -0.25) is 0 Å². The molecule has 4 rings (SSSR count). The van der Waals surface area contributed by atoms with Crippen LogP contribution in [0, 0.1) is 6.92 Å². The molecule has 0 radical (unpaired) electrons. The Morgan fingerprint density at radius 2 is 1.69 bits per heavy atom. The van der Waals surface area contributed by atoms with Crippen LogP contribution in [0.1, 0.15) is 51.0 Å². The number of fused-ring (bicyclic) bond motifs is 1. The third-order valence-corrected chi connectivity index (χ3v) is 5.65. The normalized spacial score (nSPS) is 11.1. The fourth-order valence-electron chi connectivity index (χ4n) is 4.07. The van der Waals surface area contributed by atoms with Gasteiger partial charge in [-0.2, -0.15) is 0 Å². The van der Waals surface area contributed by atoms with Crippen LogP contribution in [0.5, 0.6) is 0 Å². The smallest absolute Gasteiger partial charge is 0.354 e. The van der Waals surface area contributed by atoms with Crippen LogP contribution in [0.2, 0.25) is 0 Å². The minimum absolute atomic E-state index is 0.0398. The third-order valence-electron chi connectivity index (χ3n) is 5.65. The number of hydrogen-bond donors (Lipinski definition) is 2. The Morgan fingerprint density at radius 1 is 0.969 bits per heavy atom. The van der Waals surface area contributed by atoms with Crippen molar-refractivity contribution in [1.82, 2.24) is 9.55 Å². The van der Waals surface area contributed by atoms with Gasteiger partial charge in [-0.1, -0.05) is 55.8 Å². The van der Waals surface area contributed by atoms with Gasteiger partial charge in [0.25, 0.3) is 0 Å². The standard InChI is InChI=1S/C26H24N2O4/c1-3-6-19-14-22-16(2)13-23(26(31)32)27-24(22)28(19)15-17-9-11-18(12-10-17)20-7-4-5-8-21(20)25(29)30/h4-5,7-14H,3,6,15H2,1-2H3,(H,29,30)(H,31,32). The van der Waals surface area contributed by atoms with Crippen molar-refractivity contribution in [2.75, 3.05) is 0 Å². The second-order valence-corrected chi connectivity index (χ2v) is 7.89. The van der Waals surface area contributed by atoms with E-state index in [4.69, 9.17) is 0 Å². The van der Waals surface area contributed by atoms with Gasteiger partial charge >= 0.3 is 11.9 Å². The third kappa shape index (κ3) is 3.99. The Morgan fingerprint density at radius 3 is 2.34 bits per heavy atom. The van der Waals surface area contributed by atoms with Crippen molar-refractivity contribution < 1.29 is 19.8 Å². The van der Waals surface area contributed by atoms with Crippen molar-refractivity contribution in [3.63, 3.8) is 0 Å². The summed E-state index contributed by atoms with van der Waals surface area (Å²) in [5.74, 6) is -2.00. The molecule has 0 aliphatic heterocycles. The Balaban J connectivity index is 1.74. The van der Waals surface area contributed by atoms with Crippen molar-refractivity contribution in [3.8, 4) is 11.1 Å². The SMILES string of the molecule is CCCc1cc2c(C)cc(C(=O)O)nc2n1Cc1ccc(-c2ccccc2C(=O)O)cc1. The maximum absolute atomic E-state index is 11.5.